The zero-order valence-corrected chi connectivity index (χ0v) is 15.1. The van der Waals surface area contributed by atoms with E-state index in [0.717, 1.165) is 5.56 Å². The summed E-state index contributed by atoms with van der Waals surface area (Å²) in [5, 5.41) is 9.34. The van der Waals surface area contributed by atoms with E-state index in [1.54, 1.807) is 0 Å². The van der Waals surface area contributed by atoms with Gasteiger partial charge in [-0.1, -0.05) is 30.3 Å². The van der Waals surface area contributed by atoms with Crippen LogP contribution in [-0.2, 0) is 35.0 Å². The summed E-state index contributed by atoms with van der Waals surface area (Å²) in [4.78, 5) is 0. The fourth-order valence-corrected chi connectivity index (χ4v) is 1.21. The first-order valence-electron chi connectivity index (χ1n) is 5.75. The van der Waals surface area contributed by atoms with E-state index in [0.29, 0.717) is 0 Å². The molecule has 0 spiro atoms. The maximum absolute atomic E-state index is 9.34. The van der Waals surface area contributed by atoms with Gasteiger partial charge in [0, 0.05) is 0 Å². The molecule has 0 amide bonds. The molecule has 1 fully saturated rings. The van der Waals surface area contributed by atoms with Gasteiger partial charge in [-0.3, -0.25) is 0 Å². The van der Waals surface area contributed by atoms with Gasteiger partial charge in [0.05, 0.1) is 6.10 Å². The number of aliphatic hydroxyl groups is 1. The standard InChI is InChI=1S/C10H9O.C5H5.3CO.W/c1-2-6-10(11)9-7-4-3-5-8-9;1-2-4-5-3-1;3*1-2;/h3-5,7-8,10-11H,6H2;1-5H;;;;/q-1;;;;;+2. The molecular formula is C18H14O4W+. The fraction of sp³-hybridized carbons (Fsp3) is 0.111. The van der Waals surface area contributed by atoms with Gasteiger partial charge in [0.25, 0.3) is 0 Å². The van der Waals surface area contributed by atoms with E-state index in [1.807, 2.05) is 62.4 Å². The van der Waals surface area contributed by atoms with E-state index in [4.69, 9.17) is 20.4 Å². The third kappa shape index (κ3) is 20.6. The van der Waals surface area contributed by atoms with Gasteiger partial charge < -0.3 is 17.5 Å². The third-order valence-electron chi connectivity index (χ3n) is 2.04. The van der Waals surface area contributed by atoms with Crippen molar-refractivity contribution in [2.24, 2.45) is 0 Å². The van der Waals surface area contributed by atoms with Crippen LogP contribution in [0.3, 0.4) is 0 Å². The molecule has 1 saturated carbocycles. The molecule has 5 radical (unpaired) electrons. The Bertz CT molecular complexity index is 406. The van der Waals surface area contributed by atoms with Gasteiger partial charge in [0.15, 0.2) is 0 Å². The molecule has 1 aromatic carbocycles. The van der Waals surface area contributed by atoms with Gasteiger partial charge >= 0.3 is 55.0 Å². The Morgan fingerprint density at radius 3 is 1.48 bits per heavy atom. The average Bonchev–Trinajstić information content (AvgIpc) is 3.21. The van der Waals surface area contributed by atoms with E-state index in [1.165, 1.54) is 0 Å². The van der Waals surface area contributed by atoms with Crippen LogP contribution in [0.2, 0.25) is 0 Å². The molecule has 1 aliphatic rings. The van der Waals surface area contributed by atoms with E-state index in [-0.39, 0.29) is 27.5 Å². The first-order chi connectivity index (χ1) is 10.8. The van der Waals surface area contributed by atoms with Crippen molar-refractivity contribution in [2.45, 2.75) is 12.5 Å². The van der Waals surface area contributed by atoms with Crippen molar-refractivity contribution in [1.82, 2.24) is 0 Å². The largest absolute Gasteiger partial charge is 2.00 e. The van der Waals surface area contributed by atoms with Gasteiger partial charge in [0.1, 0.15) is 0 Å². The van der Waals surface area contributed by atoms with Gasteiger partial charge in [-0.25, -0.2) is 0 Å². The zero-order valence-electron chi connectivity index (χ0n) is 12.1. The quantitative estimate of drug-likeness (QED) is 0.396. The summed E-state index contributed by atoms with van der Waals surface area (Å²) in [7, 11) is 0. The minimum Gasteiger partial charge on any atom is -0.0312 e. The van der Waals surface area contributed by atoms with Crippen molar-refractivity contribution in [3.63, 3.8) is 0 Å². The maximum Gasteiger partial charge on any atom is 2.00 e. The molecule has 0 heterocycles. The van der Waals surface area contributed by atoms with Crippen molar-refractivity contribution in [3.05, 3.63) is 94.4 Å². The molecule has 1 aliphatic carbocycles. The van der Waals surface area contributed by atoms with Crippen LogP contribution >= 0.6 is 0 Å². The second kappa shape index (κ2) is 28.8. The molecule has 0 bridgehead atoms. The summed E-state index contributed by atoms with van der Waals surface area (Å²) in [6.07, 6.45) is 16.4. The van der Waals surface area contributed by atoms with E-state index in [2.05, 4.69) is 25.9 Å². The molecule has 1 N–H and O–H groups in total. The summed E-state index contributed by atoms with van der Waals surface area (Å²) in [5.41, 5.74) is 0.840. The average molecular weight is 478 g/mol. The Balaban J connectivity index is -0.000000127. The van der Waals surface area contributed by atoms with Crippen LogP contribution in [0.4, 0.5) is 0 Å². The Hall–Kier alpha value is -1.35. The number of benzene rings is 1. The number of aliphatic hydroxyl groups excluding tert-OH is 1. The Morgan fingerprint density at radius 2 is 1.17 bits per heavy atom. The predicted octanol–water partition coefficient (Wildman–Crippen LogP) is 2.61. The predicted molar refractivity (Wildman–Crippen MR) is 76.4 cm³/mol. The van der Waals surface area contributed by atoms with Crippen LogP contribution in [0, 0.1) is 64.4 Å². The topological polar surface area (TPSA) is 79.9 Å². The first kappa shape index (κ1) is 29.6. The van der Waals surface area contributed by atoms with Crippen molar-refractivity contribution in [1.29, 1.82) is 0 Å². The molecule has 1 unspecified atom stereocenters. The minimum atomic E-state index is -0.575. The zero-order chi connectivity index (χ0) is 17.6. The molecule has 2 rings (SSSR count). The molecule has 115 valence electrons. The fourth-order valence-electron chi connectivity index (χ4n) is 1.21. The second-order valence-corrected chi connectivity index (χ2v) is 3.27. The molecule has 0 saturated heterocycles. The Kier molecular flexibility index (Phi) is 37.1. The molecule has 23 heavy (non-hydrogen) atoms. The van der Waals surface area contributed by atoms with Crippen LogP contribution in [0.1, 0.15) is 18.1 Å². The molecule has 1 atom stereocenters. The molecule has 5 heteroatoms. The van der Waals surface area contributed by atoms with E-state index in [9.17, 15) is 5.11 Å². The smallest absolute Gasteiger partial charge is 0.0312 e. The van der Waals surface area contributed by atoms with E-state index < -0.39 is 6.10 Å². The van der Waals surface area contributed by atoms with Crippen LogP contribution in [0.15, 0.2) is 30.3 Å². The van der Waals surface area contributed by atoms with E-state index >= 15 is 0 Å². The molecule has 0 aliphatic heterocycles. The Labute approximate surface area is 153 Å². The SMILES string of the molecule is [C-]#CCC(O)c1ccccc1.[C-]#[O+].[C-]#[O+].[C-]#[O+].[CH]1[CH][CH][CH][CH]1.[W+2]. The number of rotatable bonds is 2. The third-order valence-corrected chi connectivity index (χ3v) is 2.04. The molecular weight excluding hydrogens is 464 g/mol. The number of hydrogen-bond acceptors (Lipinski definition) is 1. The van der Waals surface area contributed by atoms with Crippen LogP contribution in [0.25, 0.3) is 0 Å². The summed E-state index contributed by atoms with van der Waals surface area (Å²) in [6.45, 7) is 13.5. The Morgan fingerprint density at radius 1 is 0.826 bits per heavy atom. The number of hydrogen-bond donors (Lipinski definition) is 1. The van der Waals surface area contributed by atoms with Crippen LogP contribution in [0.5, 0.6) is 0 Å². The summed E-state index contributed by atoms with van der Waals surface area (Å²) in [6, 6.07) is 9.29. The second-order valence-electron chi connectivity index (χ2n) is 3.27. The van der Waals surface area contributed by atoms with Gasteiger partial charge in [-0.2, -0.15) is 0 Å². The normalized spacial score (nSPS) is 11.2. The minimum absolute atomic E-state index is 0. The summed E-state index contributed by atoms with van der Waals surface area (Å²) in [5.74, 6) is 2.17. The first-order valence-corrected chi connectivity index (χ1v) is 5.75. The van der Waals surface area contributed by atoms with Crippen molar-refractivity contribution < 1.29 is 40.1 Å². The van der Waals surface area contributed by atoms with Crippen molar-refractivity contribution in [3.8, 4) is 5.92 Å². The van der Waals surface area contributed by atoms with Crippen molar-refractivity contribution >= 4 is 0 Å². The van der Waals surface area contributed by atoms with Crippen molar-refractivity contribution in [2.75, 3.05) is 0 Å². The van der Waals surface area contributed by atoms with Gasteiger partial charge in [-0.05, 0) is 44.1 Å². The van der Waals surface area contributed by atoms with Gasteiger partial charge in [-0.15, -0.1) is 0 Å². The summed E-state index contributed by atoms with van der Waals surface area (Å²) < 4.78 is 22.5. The monoisotopic (exact) mass is 478 g/mol. The van der Waals surface area contributed by atoms with Gasteiger partial charge in [0.2, 0.25) is 0 Å². The van der Waals surface area contributed by atoms with Crippen LogP contribution in [-0.4, -0.2) is 5.11 Å². The molecule has 0 aromatic heterocycles. The molecule has 4 nitrogen and oxygen atoms in total. The summed E-state index contributed by atoms with van der Waals surface area (Å²) >= 11 is 0. The molecule has 1 aromatic rings. The van der Waals surface area contributed by atoms with Crippen LogP contribution < -0.4 is 0 Å². The maximum atomic E-state index is 9.34.